The molecule has 1 heterocycles. The third-order valence-corrected chi connectivity index (χ3v) is 2.55. The van der Waals surface area contributed by atoms with E-state index in [1.807, 2.05) is 31.3 Å². The van der Waals surface area contributed by atoms with Crippen LogP contribution in [0.5, 0.6) is 5.75 Å². The Hall–Kier alpha value is -2.14. The Balaban J connectivity index is 1.78. The largest absolute Gasteiger partial charge is 0.490 e. The molecule has 0 atom stereocenters. The Morgan fingerprint density at radius 3 is 2.74 bits per heavy atom. The normalized spacial score (nSPS) is 10.4. The summed E-state index contributed by atoms with van der Waals surface area (Å²) in [6.07, 6.45) is 3.43. The number of hydrogen-bond acceptors (Lipinski definition) is 4. The molecule has 0 radical (unpaired) electrons. The van der Waals surface area contributed by atoms with E-state index < -0.39 is 0 Å². The second kappa shape index (κ2) is 6.70. The van der Waals surface area contributed by atoms with Gasteiger partial charge in [-0.1, -0.05) is 24.8 Å². The molecule has 0 aliphatic heterocycles. The van der Waals surface area contributed by atoms with E-state index in [9.17, 15) is 0 Å². The first kappa shape index (κ1) is 13.3. The van der Waals surface area contributed by atoms with Crippen LogP contribution in [0.2, 0.25) is 0 Å². The highest BCUT2D eigenvalue weighted by Gasteiger charge is 1.99. The standard InChI is InChI=1S/C14H18N4O/c1-3-8-19-13-6-4-12(5-7-13)9-15-10-14-16-11-18(2)17-14/h3-7,11,15H,1,8-10H2,2H3. The van der Waals surface area contributed by atoms with Gasteiger partial charge >= 0.3 is 0 Å². The molecule has 100 valence electrons. The van der Waals surface area contributed by atoms with Gasteiger partial charge in [-0.3, -0.25) is 4.68 Å². The van der Waals surface area contributed by atoms with Gasteiger partial charge in [-0.25, -0.2) is 4.98 Å². The summed E-state index contributed by atoms with van der Waals surface area (Å²) in [4.78, 5) is 4.15. The van der Waals surface area contributed by atoms with Crippen LogP contribution in [0.1, 0.15) is 11.4 Å². The Kier molecular flexibility index (Phi) is 4.69. The van der Waals surface area contributed by atoms with Crippen molar-refractivity contribution in [2.75, 3.05) is 6.61 Å². The summed E-state index contributed by atoms with van der Waals surface area (Å²) >= 11 is 0. The molecule has 0 saturated heterocycles. The molecule has 5 nitrogen and oxygen atoms in total. The number of nitrogens with one attached hydrogen (secondary N) is 1. The molecule has 5 heteroatoms. The van der Waals surface area contributed by atoms with Gasteiger partial charge < -0.3 is 10.1 Å². The molecule has 0 spiro atoms. The lowest BCUT2D eigenvalue weighted by molar-refractivity contribution is 0.363. The van der Waals surface area contributed by atoms with Crippen LogP contribution in [0, 0.1) is 0 Å². The fraction of sp³-hybridized carbons (Fsp3) is 0.286. The number of rotatable bonds is 7. The van der Waals surface area contributed by atoms with Gasteiger partial charge in [0, 0.05) is 13.6 Å². The zero-order chi connectivity index (χ0) is 13.5. The first-order valence-electron chi connectivity index (χ1n) is 6.16. The lowest BCUT2D eigenvalue weighted by Crippen LogP contribution is -2.14. The molecule has 0 unspecified atom stereocenters. The van der Waals surface area contributed by atoms with Crippen LogP contribution in [-0.2, 0) is 20.1 Å². The zero-order valence-corrected chi connectivity index (χ0v) is 11.0. The summed E-state index contributed by atoms with van der Waals surface area (Å²) in [5.74, 6) is 1.66. The van der Waals surface area contributed by atoms with Crippen molar-refractivity contribution in [3.63, 3.8) is 0 Å². The minimum Gasteiger partial charge on any atom is -0.490 e. The van der Waals surface area contributed by atoms with Crippen LogP contribution in [0.4, 0.5) is 0 Å². The Labute approximate surface area is 112 Å². The molecule has 0 aliphatic rings. The molecule has 0 saturated carbocycles. The fourth-order valence-electron chi connectivity index (χ4n) is 1.64. The highest BCUT2D eigenvalue weighted by atomic mass is 16.5. The molecule has 1 N–H and O–H groups in total. The number of hydrogen-bond donors (Lipinski definition) is 1. The molecule has 0 bridgehead atoms. The summed E-state index contributed by atoms with van der Waals surface area (Å²) in [5.41, 5.74) is 1.20. The molecule has 1 aromatic heterocycles. The van der Waals surface area contributed by atoms with Crippen molar-refractivity contribution in [1.29, 1.82) is 0 Å². The lowest BCUT2D eigenvalue weighted by Gasteiger charge is -2.05. The van der Waals surface area contributed by atoms with E-state index in [-0.39, 0.29) is 0 Å². The van der Waals surface area contributed by atoms with Crippen molar-refractivity contribution in [3.05, 3.63) is 54.6 Å². The summed E-state index contributed by atoms with van der Waals surface area (Å²) in [6.45, 7) is 5.59. The van der Waals surface area contributed by atoms with Crippen LogP contribution >= 0.6 is 0 Å². The molecule has 2 rings (SSSR count). The molecule has 0 fully saturated rings. The van der Waals surface area contributed by atoms with Crippen LogP contribution in [0.15, 0.2) is 43.2 Å². The SMILES string of the molecule is C=CCOc1ccc(CNCc2ncn(C)n2)cc1. The number of aromatic nitrogens is 3. The Morgan fingerprint density at radius 1 is 1.32 bits per heavy atom. The second-order valence-electron chi connectivity index (χ2n) is 4.18. The van der Waals surface area contributed by atoms with E-state index in [0.717, 1.165) is 18.1 Å². The molecule has 2 aromatic rings. The maximum Gasteiger partial charge on any atom is 0.164 e. The zero-order valence-electron chi connectivity index (χ0n) is 11.0. The third kappa shape index (κ3) is 4.22. The summed E-state index contributed by atoms with van der Waals surface area (Å²) in [5, 5.41) is 7.50. The van der Waals surface area contributed by atoms with Gasteiger partial charge in [-0.2, -0.15) is 5.10 Å². The predicted molar refractivity (Wildman–Crippen MR) is 73.7 cm³/mol. The van der Waals surface area contributed by atoms with Gasteiger partial charge in [0.15, 0.2) is 5.82 Å². The van der Waals surface area contributed by atoms with E-state index in [2.05, 4.69) is 22.0 Å². The van der Waals surface area contributed by atoms with Crippen LogP contribution in [0.3, 0.4) is 0 Å². The van der Waals surface area contributed by atoms with Crippen molar-refractivity contribution >= 4 is 0 Å². The molecular weight excluding hydrogens is 240 g/mol. The summed E-state index contributed by atoms with van der Waals surface area (Å²) in [6, 6.07) is 7.99. The lowest BCUT2D eigenvalue weighted by atomic mass is 10.2. The molecule has 0 aliphatic carbocycles. The van der Waals surface area contributed by atoms with Gasteiger partial charge in [0.1, 0.15) is 18.7 Å². The Bertz CT molecular complexity index is 518. The van der Waals surface area contributed by atoms with Crippen molar-refractivity contribution in [2.24, 2.45) is 7.05 Å². The number of benzene rings is 1. The van der Waals surface area contributed by atoms with E-state index in [0.29, 0.717) is 13.2 Å². The Morgan fingerprint density at radius 2 is 2.11 bits per heavy atom. The van der Waals surface area contributed by atoms with Crippen molar-refractivity contribution in [2.45, 2.75) is 13.1 Å². The van der Waals surface area contributed by atoms with Crippen LogP contribution in [-0.4, -0.2) is 21.4 Å². The van der Waals surface area contributed by atoms with Gasteiger partial charge in [-0.15, -0.1) is 0 Å². The minimum atomic E-state index is 0.531. The second-order valence-corrected chi connectivity index (χ2v) is 4.18. The van der Waals surface area contributed by atoms with Gasteiger partial charge in [-0.05, 0) is 17.7 Å². The topological polar surface area (TPSA) is 52.0 Å². The maximum absolute atomic E-state index is 5.43. The molecule has 19 heavy (non-hydrogen) atoms. The highest BCUT2D eigenvalue weighted by Crippen LogP contribution is 2.12. The first-order chi connectivity index (χ1) is 9.28. The van der Waals surface area contributed by atoms with E-state index >= 15 is 0 Å². The quantitative estimate of drug-likeness (QED) is 0.768. The van der Waals surface area contributed by atoms with Gasteiger partial charge in [0.25, 0.3) is 0 Å². The number of nitrogens with zero attached hydrogens (tertiary/aromatic N) is 3. The van der Waals surface area contributed by atoms with E-state index in [1.165, 1.54) is 5.56 Å². The van der Waals surface area contributed by atoms with E-state index in [4.69, 9.17) is 4.74 Å². The van der Waals surface area contributed by atoms with Crippen molar-refractivity contribution in [3.8, 4) is 5.75 Å². The smallest absolute Gasteiger partial charge is 0.164 e. The van der Waals surface area contributed by atoms with Crippen LogP contribution in [0.25, 0.3) is 0 Å². The monoisotopic (exact) mass is 258 g/mol. The van der Waals surface area contributed by atoms with Gasteiger partial charge in [0.2, 0.25) is 0 Å². The highest BCUT2D eigenvalue weighted by molar-refractivity contribution is 5.27. The van der Waals surface area contributed by atoms with Crippen molar-refractivity contribution < 1.29 is 4.74 Å². The number of aryl methyl sites for hydroxylation is 1. The third-order valence-electron chi connectivity index (χ3n) is 2.55. The molecule has 0 amide bonds. The average Bonchev–Trinajstić information content (AvgIpc) is 2.84. The fourth-order valence-corrected chi connectivity index (χ4v) is 1.64. The minimum absolute atomic E-state index is 0.531. The van der Waals surface area contributed by atoms with Gasteiger partial charge in [0.05, 0.1) is 6.54 Å². The first-order valence-corrected chi connectivity index (χ1v) is 6.16. The van der Waals surface area contributed by atoms with Crippen LogP contribution < -0.4 is 10.1 Å². The predicted octanol–water partition coefficient (Wildman–Crippen LogP) is 1.67. The average molecular weight is 258 g/mol. The van der Waals surface area contributed by atoms with Crippen molar-refractivity contribution in [1.82, 2.24) is 20.1 Å². The van der Waals surface area contributed by atoms with E-state index in [1.54, 1.807) is 17.1 Å². The maximum atomic E-state index is 5.43. The summed E-state index contributed by atoms with van der Waals surface area (Å²) < 4.78 is 7.12. The molecular formula is C14H18N4O. The number of ether oxygens (including phenoxy) is 1. The molecule has 1 aromatic carbocycles. The summed E-state index contributed by atoms with van der Waals surface area (Å²) in [7, 11) is 1.86.